The number of phenolic OH excluding ortho intramolecular Hbond substituents is 1. The Morgan fingerprint density at radius 1 is 1.30 bits per heavy atom. The number of rotatable bonds is 0. The summed E-state index contributed by atoms with van der Waals surface area (Å²) in [5.41, 5.74) is 9.84. The number of hydrogen-bond donors (Lipinski definition) is 3. The van der Waals surface area contributed by atoms with Gasteiger partial charge < -0.3 is 16.6 Å². The third kappa shape index (κ3) is 0.834. The van der Waals surface area contributed by atoms with E-state index in [2.05, 4.69) is 0 Å². The zero-order valence-electron chi connectivity index (χ0n) is 5.13. The molecule has 0 unspecified atom stereocenters. The van der Waals surface area contributed by atoms with Gasteiger partial charge in [-0.2, -0.15) is 0 Å². The zero-order valence-corrected chi connectivity index (χ0v) is 5.13. The van der Waals surface area contributed by atoms with Gasteiger partial charge in [0.2, 0.25) is 0 Å². The number of benzene rings is 1. The first-order chi connectivity index (χ1) is 4.63. The van der Waals surface area contributed by atoms with Crippen LogP contribution >= 0.6 is 0 Å². The molecule has 0 aliphatic heterocycles. The van der Waals surface area contributed by atoms with Crippen molar-refractivity contribution in [2.45, 2.75) is 0 Å². The fraction of sp³-hybridized carbons (Fsp3) is 0. The Morgan fingerprint density at radius 2 is 1.90 bits per heavy atom. The molecule has 5 N–H and O–H groups in total. The number of nitrogen functional groups attached to an aromatic ring is 2. The first-order valence-corrected chi connectivity index (χ1v) is 2.65. The van der Waals surface area contributed by atoms with E-state index < -0.39 is 5.82 Å². The van der Waals surface area contributed by atoms with Gasteiger partial charge in [-0.25, -0.2) is 4.39 Å². The second-order valence-electron chi connectivity index (χ2n) is 1.90. The lowest BCUT2D eigenvalue weighted by molar-refractivity contribution is 0.473. The number of nitrogens with two attached hydrogens (primary N) is 2. The normalized spacial score (nSPS) is 9.70. The highest BCUT2D eigenvalue weighted by molar-refractivity contribution is 5.61. The highest BCUT2D eigenvalue weighted by Crippen LogP contribution is 2.26. The molecule has 3 nitrogen and oxygen atoms in total. The number of halogens is 1. The van der Waals surface area contributed by atoms with Crippen LogP contribution in [0.25, 0.3) is 0 Å². The number of anilines is 2. The second-order valence-corrected chi connectivity index (χ2v) is 1.90. The maximum Gasteiger partial charge on any atom is 0.172 e. The Morgan fingerprint density at radius 3 is 2.40 bits per heavy atom. The Bertz CT molecular complexity index is 235. The molecule has 4 heteroatoms. The molecule has 0 heterocycles. The van der Waals surface area contributed by atoms with E-state index in [9.17, 15) is 4.39 Å². The van der Waals surface area contributed by atoms with Gasteiger partial charge in [0.25, 0.3) is 0 Å². The van der Waals surface area contributed by atoms with Crippen molar-refractivity contribution in [1.82, 2.24) is 0 Å². The van der Waals surface area contributed by atoms with Crippen LogP contribution in [0.3, 0.4) is 0 Å². The Balaban J connectivity index is 3.34. The van der Waals surface area contributed by atoms with E-state index in [0.29, 0.717) is 0 Å². The maximum atomic E-state index is 12.6. The minimum Gasteiger partial charge on any atom is -0.506 e. The van der Waals surface area contributed by atoms with Crippen molar-refractivity contribution < 1.29 is 9.50 Å². The van der Waals surface area contributed by atoms with Crippen molar-refractivity contribution in [1.29, 1.82) is 0 Å². The Labute approximate surface area is 57.1 Å². The van der Waals surface area contributed by atoms with Crippen LogP contribution < -0.4 is 11.5 Å². The molecule has 0 aliphatic rings. The van der Waals surface area contributed by atoms with Crippen molar-refractivity contribution in [2.24, 2.45) is 0 Å². The lowest BCUT2D eigenvalue weighted by atomic mass is 10.2. The van der Waals surface area contributed by atoms with Crippen molar-refractivity contribution in [3.8, 4) is 5.75 Å². The molecular weight excluding hydrogens is 135 g/mol. The molecule has 0 saturated carbocycles. The van der Waals surface area contributed by atoms with Gasteiger partial charge in [-0.1, -0.05) is 0 Å². The van der Waals surface area contributed by atoms with Crippen LogP contribution in [0, 0.1) is 5.82 Å². The van der Waals surface area contributed by atoms with Gasteiger partial charge in [0.05, 0.1) is 5.69 Å². The largest absolute Gasteiger partial charge is 0.506 e. The van der Waals surface area contributed by atoms with Crippen LogP contribution in [0.2, 0.25) is 0 Å². The Hall–Kier alpha value is -1.45. The number of phenols is 1. The van der Waals surface area contributed by atoms with E-state index in [0.717, 1.165) is 0 Å². The average molecular weight is 142 g/mol. The summed E-state index contributed by atoms with van der Waals surface area (Å²) in [6.45, 7) is 0. The van der Waals surface area contributed by atoms with Gasteiger partial charge in [0.1, 0.15) is 11.4 Å². The van der Waals surface area contributed by atoms with E-state index in [4.69, 9.17) is 16.6 Å². The molecule has 0 spiro atoms. The second kappa shape index (κ2) is 2.06. The zero-order chi connectivity index (χ0) is 7.72. The van der Waals surface area contributed by atoms with Crippen LogP contribution in [-0.2, 0) is 0 Å². The van der Waals surface area contributed by atoms with E-state index in [1.807, 2.05) is 0 Å². The predicted octanol–water partition coefficient (Wildman–Crippen LogP) is 0.696. The van der Waals surface area contributed by atoms with E-state index >= 15 is 0 Å². The van der Waals surface area contributed by atoms with Gasteiger partial charge in [-0.15, -0.1) is 0 Å². The third-order valence-corrected chi connectivity index (χ3v) is 1.19. The van der Waals surface area contributed by atoms with Gasteiger partial charge in [-0.05, 0) is 12.1 Å². The minimum absolute atomic E-state index is 0.0599. The Kier molecular flexibility index (Phi) is 1.37. The molecular formula is C6H7FN2O. The lowest BCUT2D eigenvalue weighted by Gasteiger charge is -2.01. The number of aromatic hydroxyl groups is 1. The number of hydrogen-bond acceptors (Lipinski definition) is 3. The first-order valence-electron chi connectivity index (χ1n) is 2.65. The van der Waals surface area contributed by atoms with Crippen LogP contribution in [0.5, 0.6) is 5.75 Å². The monoisotopic (exact) mass is 142 g/mol. The molecule has 0 atom stereocenters. The van der Waals surface area contributed by atoms with Crippen LogP contribution in [0.15, 0.2) is 12.1 Å². The molecule has 0 fully saturated rings. The summed E-state index contributed by atoms with van der Waals surface area (Å²) in [6.07, 6.45) is 0. The fourth-order valence-corrected chi connectivity index (χ4v) is 0.600. The van der Waals surface area contributed by atoms with Gasteiger partial charge >= 0.3 is 0 Å². The summed E-state index contributed by atoms with van der Waals surface area (Å²) in [7, 11) is 0. The first kappa shape index (κ1) is 6.67. The molecule has 54 valence electrons. The average Bonchev–Trinajstić information content (AvgIpc) is 1.93. The summed E-state index contributed by atoms with van der Waals surface area (Å²) in [5, 5.41) is 8.80. The highest BCUT2D eigenvalue weighted by Gasteiger charge is 2.05. The lowest BCUT2D eigenvalue weighted by Crippen LogP contribution is -1.96. The smallest absolute Gasteiger partial charge is 0.172 e. The third-order valence-electron chi connectivity index (χ3n) is 1.19. The van der Waals surface area contributed by atoms with E-state index in [-0.39, 0.29) is 17.1 Å². The van der Waals surface area contributed by atoms with Crippen molar-refractivity contribution in [2.75, 3.05) is 11.5 Å². The van der Waals surface area contributed by atoms with Gasteiger partial charge in [0.15, 0.2) is 5.82 Å². The molecule has 0 saturated heterocycles. The molecule has 1 rings (SSSR count). The van der Waals surface area contributed by atoms with Crippen LogP contribution in [-0.4, -0.2) is 5.11 Å². The topological polar surface area (TPSA) is 72.3 Å². The van der Waals surface area contributed by atoms with E-state index in [1.54, 1.807) is 0 Å². The molecule has 0 aromatic heterocycles. The minimum atomic E-state index is -0.764. The molecule has 0 bridgehead atoms. The molecule has 0 amide bonds. The summed E-state index contributed by atoms with van der Waals surface area (Å²) in [6, 6.07) is 2.49. The van der Waals surface area contributed by atoms with Crippen LogP contribution in [0.1, 0.15) is 0 Å². The molecule has 1 aromatic rings. The molecule has 1 aromatic carbocycles. The van der Waals surface area contributed by atoms with Crippen molar-refractivity contribution in [3.63, 3.8) is 0 Å². The SMILES string of the molecule is Nc1ccc(O)c(N)c1F. The van der Waals surface area contributed by atoms with Gasteiger partial charge in [0, 0.05) is 0 Å². The molecule has 0 aliphatic carbocycles. The van der Waals surface area contributed by atoms with Crippen molar-refractivity contribution >= 4 is 11.4 Å². The van der Waals surface area contributed by atoms with Gasteiger partial charge in [-0.3, -0.25) is 0 Å². The maximum absolute atomic E-state index is 12.6. The summed E-state index contributed by atoms with van der Waals surface area (Å²) in [5.74, 6) is -1.05. The van der Waals surface area contributed by atoms with E-state index in [1.165, 1.54) is 12.1 Å². The van der Waals surface area contributed by atoms with Crippen LogP contribution in [0.4, 0.5) is 15.8 Å². The summed E-state index contributed by atoms with van der Waals surface area (Å²) in [4.78, 5) is 0. The fourth-order valence-electron chi connectivity index (χ4n) is 0.600. The summed E-state index contributed by atoms with van der Waals surface area (Å²) >= 11 is 0. The predicted molar refractivity (Wildman–Crippen MR) is 36.9 cm³/mol. The van der Waals surface area contributed by atoms with Crippen molar-refractivity contribution in [3.05, 3.63) is 17.9 Å². The molecule has 0 radical (unpaired) electrons. The summed E-state index contributed by atoms with van der Waals surface area (Å²) < 4.78 is 12.6. The quantitative estimate of drug-likeness (QED) is 0.283. The highest BCUT2D eigenvalue weighted by atomic mass is 19.1. The standard InChI is InChI=1S/C6H7FN2O/c7-5-3(8)1-2-4(10)6(5)9/h1-2,10H,8-9H2. The molecule has 10 heavy (non-hydrogen) atoms.